The highest BCUT2D eigenvalue weighted by Crippen LogP contribution is 2.26. The third kappa shape index (κ3) is 12.5. The van der Waals surface area contributed by atoms with E-state index < -0.39 is 41.6 Å². The van der Waals surface area contributed by atoms with Gasteiger partial charge in [0, 0.05) is 59.0 Å². The molecule has 3 fully saturated rings. The zero-order valence-electron chi connectivity index (χ0n) is 35.4. The highest BCUT2D eigenvalue weighted by Gasteiger charge is 2.47. The standard InChI is InChI=1S/C40H68N8O9/c1-12-15-18-45(26-41-28(6)29(7)55-11)22-30(36(51)48-19-16-17-40(54,43-48)37(52)57-25-39(8,9)14-3)42-35(50)34(27(4)5)44(10)38(53)46-23-31-32(24-46)56-21-20-47(31)33(49)13-2/h12-13,27,29-32,34,41,43,54H,1-2,6,14-26H2,3-5,7-11H3,(H,42,50)/t29-,30-,31+,32-,34-,40?/m0/s1. The summed E-state index contributed by atoms with van der Waals surface area (Å²) in [6.45, 7) is 24.9. The summed E-state index contributed by atoms with van der Waals surface area (Å²) in [6, 6.07) is -2.98. The Morgan fingerprint density at radius 3 is 2.46 bits per heavy atom. The van der Waals surface area contributed by atoms with E-state index in [2.05, 4.69) is 35.8 Å². The summed E-state index contributed by atoms with van der Waals surface area (Å²) in [7, 11) is 3.11. The third-order valence-electron chi connectivity index (χ3n) is 11.1. The Morgan fingerprint density at radius 1 is 1.14 bits per heavy atom. The van der Waals surface area contributed by atoms with Gasteiger partial charge in [-0.3, -0.25) is 24.3 Å². The lowest BCUT2D eigenvalue weighted by atomic mass is 9.91. The van der Waals surface area contributed by atoms with Crippen LogP contribution in [-0.4, -0.2) is 169 Å². The molecular weight excluding hydrogens is 736 g/mol. The molecule has 3 saturated heterocycles. The highest BCUT2D eigenvalue weighted by atomic mass is 16.6. The number of hydrazine groups is 1. The van der Waals surface area contributed by atoms with Gasteiger partial charge in [-0.25, -0.2) is 9.59 Å². The second-order valence-electron chi connectivity index (χ2n) is 16.3. The van der Waals surface area contributed by atoms with Crippen molar-refractivity contribution in [3.63, 3.8) is 0 Å². The average Bonchev–Trinajstić information content (AvgIpc) is 3.63. The van der Waals surface area contributed by atoms with E-state index in [0.29, 0.717) is 31.8 Å². The minimum atomic E-state index is -2.17. The minimum Gasteiger partial charge on any atom is -0.462 e. The highest BCUT2D eigenvalue weighted by molar-refractivity contribution is 5.92. The molecule has 0 bridgehead atoms. The Labute approximate surface area is 338 Å². The number of urea groups is 1. The zero-order valence-corrected chi connectivity index (χ0v) is 35.4. The molecule has 6 atom stereocenters. The first kappa shape index (κ1) is 47.3. The largest absolute Gasteiger partial charge is 0.462 e. The number of ether oxygens (including phenoxy) is 3. The summed E-state index contributed by atoms with van der Waals surface area (Å²) in [5, 5.41) is 18.8. The molecule has 3 aliphatic heterocycles. The molecule has 1 unspecified atom stereocenters. The number of methoxy groups -OCH3 is 1. The maximum absolute atomic E-state index is 14.5. The molecule has 3 heterocycles. The molecule has 0 aromatic heterocycles. The number of amides is 5. The van der Waals surface area contributed by atoms with E-state index in [0.717, 1.165) is 11.4 Å². The van der Waals surface area contributed by atoms with E-state index in [1.807, 2.05) is 46.4 Å². The number of nitrogens with zero attached hydrogens (tertiary/aromatic N) is 5. The van der Waals surface area contributed by atoms with Gasteiger partial charge in [-0.05, 0) is 43.6 Å². The van der Waals surface area contributed by atoms with Crippen molar-refractivity contribution in [1.29, 1.82) is 0 Å². The summed E-state index contributed by atoms with van der Waals surface area (Å²) in [5.74, 6) is -2.68. The number of carbonyl (C=O) groups excluding carboxylic acids is 5. The Balaban J connectivity index is 1.89. The van der Waals surface area contributed by atoms with Crippen LogP contribution in [0.1, 0.15) is 67.2 Å². The molecule has 4 N–H and O–H groups in total. The Kier molecular flexibility index (Phi) is 17.5. The maximum atomic E-state index is 14.5. The molecule has 17 nitrogen and oxygen atoms in total. The van der Waals surface area contributed by atoms with Gasteiger partial charge in [0.2, 0.25) is 17.5 Å². The third-order valence-corrected chi connectivity index (χ3v) is 11.1. The summed E-state index contributed by atoms with van der Waals surface area (Å²) < 4.78 is 16.8. The van der Waals surface area contributed by atoms with Crippen molar-refractivity contribution >= 4 is 29.7 Å². The van der Waals surface area contributed by atoms with Crippen molar-refractivity contribution in [1.82, 2.24) is 40.7 Å². The zero-order chi connectivity index (χ0) is 42.7. The second-order valence-corrected chi connectivity index (χ2v) is 16.3. The lowest BCUT2D eigenvalue weighted by Crippen LogP contribution is -2.68. The summed E-state index contributed by atoms with van der Waals surface area (Å²) in [4.78, 5) is 75.2. The smallest absolute Gasteiger partial charge is 0.355 e. The first-order valence-corrected chi connectivity index (χ1v) is 20.0. The Morgan fingerprint density at radius 2 is 1.84 bits per heavy atom. The van der Waals surface area contributed by atoms with Gasteiger partial charge in [0.25, 0.3) is 5.91 Å². The first-order valence-electron chi connectivity index (χ1n) is 20.0. The normalized spacial score (nSPS) is 22.6. The van der Waals surface area contributed by atoms with Crippen LogP contribution in [0, 0.1) is 11.3 Å². The molecule has 57 heavy (non-hydrogen) atoms. The number of rotatable bonds is 20. The number of fused-ring (bicyclic) bond motifs is 1. The van der Waals surface area contributed by atoms with Crippen LogP contribution in [0.3, 0.4) is 0 Å². The quantitative estimate of drug-likeness (QED) is 0.0602. The van der Waals surface area contributed by atoms with Gasteiger partial charge in [-0.1, -0.05) is 53.9 Å². The van der Waals surface area contributed by atoms with Crippen molar-refractivity contribution in [3.8, 4) is 0 Å². The second kappa shape index (κ2) is 21.1. The van der Waals surface area contributed by atoms with Crippen LogP contribution in [0.2, 0.25) is 0 Å². The molecule has 0 aromatic carbocycles. The van der Waals surface area contributed by atoms with E-state index >= 15 is 0 Å². The first-order chi connectivity index (χ1) is 26.8. The van der Waals surface area contributed by atoms with Crippen LogP contribution in [0.15, 0.2) is 37.6 Å². The molecule has 3 rings (SSSR count). The number of esters is 1. The molecule has 0 saturated carbocycles. The van der Waals surface area contributed by atoms with E-state index in [1.54, 1.807) is 30.0 Å². The summed E-state index contributed by atoms with van der Waals surface area (Å²) in [6.07, 6.45) is 3.92. The van der Waals surface area contributed by atoms with E-state index in [-0.39, 0.29) is 87.8 Å². The van der Waals surface area contributed by atoms with Gasteiger partial charge in [0.05, 0.1) is 44.7 Å². The minimum absolute atomic E-state index is 0.00820. The molecule has 0 radical (unpaired) electrons. The molecular formula is C40H68N8O9. The number of carbonyl (C=O) groups is 5. The van der Waals surface area contributed by atoms with Gasteiger partial charge in [-0.15, -0.1) is 6.58 Å². The Hall–Kier alpha value is -4.03. The molecule has 0 aromatic rings. The number of likely N-dealkylation sites (tertiary alicyclic amines) is 1. The van der Waals surface area contributed by atoms with Crippen molar-refractivity contribution in [2.24, 2.45) is 11.3 Å². The van der Waals surface area contributed by atoms with Crippen LogP contribution >= 0.6 is 0 Å². The fourth-order valence-electron chi connectivity index (χ4n) is 7.02. The van der Waals surface area contributed by atoms with Gasteiger partial charge in [-0.2, -0.15) is 5.43 Å². The maximum Gasteiger partial charge on any atom is 0.355 e. The van der Waals surface area contributed by atoms with Crippen molar-refractivity contribution in [3.05, 3.63) is 37.6 Å². The summed E-state index contributed by atoms with van der Waals surface area (Å²) >= 11 is 0. The fourth-order valence-corrected chi connectivity index (χ4v) is 7.02. The number of hydrogen-bond donors (Lipinski definition) is 4. The molecule has 0 aliphatic carbocycles. The van der Waals surface area contributed by atoms with Crippen LogP contribution < -0.4 is 16.1 Å². The Bertz CT molecular complexity index is 1460. The monoisotopic (exact) mass is 805 g/mol. The molecule has 3 aliphatic rings. The predicted molar refractivity (Wildman–Crippen MR) is 215 cm³/mol. The van der Waals surface area contributed by atoms with Crippen molar-refractivity contribution < 1.29 is 43.3 Å². The van der Waals surface area contributed by atoms with Crippen LogP contribution in [0.5, 0.6) is 0 Å². The van der Waals surface area contributed by atoms with Crippen LogP contribution in [0.25, 0.3) is 0 Å². The SMILES string of the molecule is C=CCCN(CNC(=C)[C@H](C)OC)C[C@H](NC(=O)[C@H](C(C)C)N(C)C(=O)N1C[C@@H]2OCCN(C(=O)C=C)[C@@H]2C1)C(=O)N1CCCC(O)(C(=O)OCC(C)(C)CC)N1. The fraction of sp³-hybridized carbons (Fsp3) is 0.725. The molecule has 5 amide bonds. The van der Waals surface area contributed by atoms with E-state index in [9.17, 15) is 29.1 Å². The number of aliphatic hydroxyl groups is 1. The van der Waals surface area contributed by atoms with Crippen LogP contribution in [-0.2, 0) is 33.4 Å². The van der Waals surface area contributed by atoms with Crippen LogP contribution in [0.4, 0.5) is 4.79 Å². The molecule has 0 spiro atoms. The van der Waals surface area contributed by atoms with Gasteiger partial charge in [0.1, 0.15) is 12.1 Å². The average molecular weight is 805 g/mol. The molecule has 17 heteroatoms. The number of hydrogen-bond acceptors (Lipinski definition) is 12. The van der Waals surface area contributed by atoms with Crippen molar-refractivity contribution in [2.45, 2.75) is 103 Å². The lowest BCUT2D eigenvalue weighted by Gasteiger charge is -2.41. The van der Waals surface area contributed by atoms with Gasteiger partial charge >= 0.3 is 12.0 Å². The van der Waals surface area contributed by atoms with Crippen molar-refractivity contribution in [2.75, 3.05) is 73.3 Å². The topological polar surface area (TPSA) is 186 Å². The van der Waals surface area contributed by atoms with Gasteiger partial charge < -0.3 is 44.7 Å². The lowest BCUT2D eigenvalue weighted by molar-refractivity contribution is -0.189. The number of likely N-dealkylation sites (N-methyl/N-ethyl adjacent to an activating group) is 1. The predicted octanol–water partition coefficient (Wildman–Crippen LogP) is 1.41. The molecule has 322 valence electrons. The van der Waals surface area contributed by atoms with E-state index in [1.165, 1.54) is 11.0 Å². The van der Waals surface area contributed by atoms with E-state index in [4.69, 9.17) is 14.2 Å². The number of nitrogens with one attached hydrogen (secondary N) is 3. The number of morpholine rings is 1. The summed E-state index contributed by atoms with van der Waals surface area (Å²) in [5.41, 5.74) is 0.849. The van der Waals surface area contributed by atoms with Gasteiger partial charge in [0.15, 0.2) is 0 Å².